The third-order valence-corrected chi connectivity index (χ3v) is 9.90. The van der Waals surface area contributed by atoms with Gasteiger partial charge in [0.1, 0.15) is 6.33 Å². The molecular weight excluding hydrogens is 424 g/mol. The smallest absolute Gasteiger partial charge is 0.116 e. The van der Waals surface area contributed by atoms with Crippen LogP contribution in [0.3, 0.4) is 0 Å². The molecule has 3 aromatic carbocycles. The molecule has 0 aliphatic rings. The van der Waals surface area contributed by atoms with Crippen molar-refractivity contribution in [3.8, 4) is 11.3 Å². The molecule has 4 heteroatoms. The number of benzene rings is 3. The molecular formula is C28H30N2SSi. The number of nitrogens with zero attached hydrogens (tertiary/aromatic N) is 2. The van der Waals surface area contributed by atoms with Crippen LogP contribution in [-0.4, -0.2) is 18.0 Å². The topological polar surface area (TPSA) is 25.8 Å². The van der Waals surface area contributed by atoms with E-state index in [0.29, 0.717) is 0 Å². The Kier molecular flexibility index (Phi) is 4.81. The highest BCUT2D eigenvalue weighted by atomic mass is 32.1. The number of rotatable bonds is 2. The highest BCUT2D eigenvalue weighted by Crippen LogP contribution is 2.41. The molecule has 0 aliphatic heterocycles. The summed E-state index contributed by atoms with van der Waals surface area (Å²) in [4.78, 5) is 9.54. The van der Waals surface area contributed by atoms with Crippen LogP contribution in [0.25, 0.3) is 42.3 Å². The lowest BCUT2D eigenvalue weighted by Gasteiger charge is -2.22. The van der Waals surface area contributed by atoms with Gasteiger partial charge in [-0.25, -0.2) is 9.97 Å². The first-order valence-electron chi connectivity index (χ1n) is 11.3. The molecule has 5 rings (SSSR count). The van der Waals surface area contributed by atoms with Crippen LogP contribution in [0, 0.1) is 6.92 Å². The van der Waals surface area contributed by atoms with Crippen LogP contribution < -0.4 is 5.19 Å². The third-order valence-electron chi connectivity index (χ3n) is 6.42. The van der Waals surface area contributed by atoms with Crippen LogP contribution in [0.4, 0.5) is 0 Å². The van der Waals surface area contributed by atoms with E-state index in [-0.39, 0.29) is 5.41 Å². The quantitative estimate of drug-likeness (QED) is 0.254. The van der Waals surface area contributed by atoms with E-state index >= 15 is 0 Å². The van der Waals surface area contributed by atoms with Gasteiger partial charge in [-0.1, -0.05) is 82.0 Å². The molecule has 5 aromatic rings. The molecule has 0 saturated carbocycles. The maximum atomic E-state index is 4.81. The van der Waals surface area contributed by atoms with Crippen molar-refractivity contribution in [3.63, 3.8) is 0 Å². The predicted octanol–water partition coefficient (Wildman–Crippen LogP) is 7.82. The van der Waals surface area contributed by atoms with Gasteiger partial charge in [-0.05, 0) is 46.4 Å². The summed E-state index contributed by atoms with van der Waals surface area (Å²) in [6, 6.07) is 17.9. The molecule has 0 atom stereocenters. The molecule has 0 aliphatic carbocycles. The van der Waals surface area contributed by atoms with Gasteiger partial charge in [0.05, 0.1) is 24.0 Å². The van der Waals surface area contributed by atoms with Gasteiger partial charge in [0, 0.05) is 15.6 Å². The van der Waals surface area contributed by atoms with Gasteiger partial charge < -0.3 is 0 Å². The van der Waals surface area contributed by atoms with Crippen molar-refractivity contribution in [3.05, 3.63) is 66.0 Å². The zero-order chi connectivity index (χ0) is 22.8. The van der Waals surface area contributed by atoms with E-state index in [1.54, 1.807) is 6.33 Å². The van der Waals surface area contributed by atoms with Gasteiger partial charge >= 0.3 is 0 Å². The fourth-order valence-corrected chi connectivity index (χ4v) is 8.05. The first-order valence-corrected chi connectivity index (χ1v) is 15.6. The molecule has 32 heavy (non-hydrogen) atoms. The van der Waals surface area contributed by atoms with Crippen molar-refractivity contribution >= 4 is 55.7 Å². The Morgan fingerprint density at radius 1 is 0.844 bits per heavy atom. The molecule has 2 nitrogen and oxygen atoms in total. The van der Waals surface area contributed by atoms with Crippen LogP contribution in [0.1, 0.15) is 31.9 Å². The summed E-state index contributed by atoms with van der Waals surface area (Å²) < 4.78 is 2.55. The molecule has 0 unspecified atom stereocenters. The van der Waals surface area contributed by atoms with E-state index in [9.17, 15) is 0 Å². The molecule has 0 spiro atoms. The van der Waals surface area contributed by atoms with Gasteiger partial charge in [0.25, 0.3) is 0 Å². The fourth-order valence-electron chi connectivity index (χ4n) is 4.86. The summed E-state index contributed by atoms with van der Waals surface area (Å²) in [5.41, 5.74) is 6.12. The van der Waals surface area contributed by atoms with Crippen molar-refractivity contribution in [2.75, 3.05) is 0 Å². The number of fused-ring (bicyclic) bond motifs is 4. The summed E-state index contributed by atoms with van der Waals surface area (Å²) in [6.07, 6.45) is 1.73. The molecule has 2 heterocycles. The highest BCUT2D eigenvalue weighted by Gasteiger charge is 2.23. The minimum Gasteiger partial charge on any atom is -0.235 e. The Hall–Kier alpha value is -2.56. The molecule has 0 amide bonds. The van der Waals surface area contributed by atoms with E-state index in [2.05, 4.69) is 95.9 Å². The van der Waals surface area contributed by atoms with Gasteiger partial charge in [-0.3, -0.25) is 0 Å². The number of thiophene rings is 1. The molecule has 0 saturated heterocycles. The summed E-state index contributed by atoms with van der Waals surface area (Å²) in [5.74, 6) is 0. The lowest BCUT2D eigenvalue weighted by Crippen LogP contribution is -2.39. The Labute approximate surface area is 195 Å². The maximum Gasteiger partial charge on any atom is 0.116 e. The average Bonchev–Trinajstić information content (AvgIpc) is 3.11. The Morgan fingerprint density at radius 3 is 2.31 bits per heavy atom. The lowest BCUT2D eigenvalue weighted by atomic mass is 9.82. The number of aromatic nitrogens is 2. The molecule has 0 fully saturated rings. The standard InChI is InChI=1S/C28H30N2SSi/c1-17-23(32(5,6)7)13-12-21-25-27(31-26(17)21)24(29-16-30-25)19-14-18-10-8-9-11-20(18)22(15-19)28(2,3)4/h8-16H,1-7H3. The number of hydrogen-bond donors (Lipinski definition) is 0. The van der Waals surface area contributed by atoms with Gasteiger partial charge in [-0.15, -0.1) is 11.3 Å². The van der Waals surface area contributed by atoms with Gasteiger partial charge in [0.2, 0.25) is 0 Å². The van der Waals surface area contributed by atoms with Crippen molar-refractivity contribution < 1.29 is 0 Å². The van der Waals surface area contributed by atoms with E-state index in [4.69, 9.17) is 9.97 Å². The van der Waals surface area contributed by atoms with Crippen LogP contribution in [0.2, 0.25) is 19.6 Å². The summed E-state index contributed by atoms with van der Waals surface area (Å²) >= 11 is 1.86. The minimum absolute atomic E-state index is 0.0464. The molecule has 0 bridgehead atoms. The van der Waals surface area contributed by atoms with E-state index < -0.39 is 8.07 Å². The zero-order valence-electron chi connectivity index (χ0n) is 20.0. The fraction of sp³-hybridized carbons (Fsp3) is 0.286. The largest absolute Gasteiger partial charge is 0.235 e. The lowest BCUT2D eigenvalue weighted by molar-refractivity contribution is 0.596. The van der Waals surface area contributed by atoms with Crippen LogP contribution in [0.15, 0.2) is 54.9 Å². The normalized spacial score (nSPS) is 12.8. The molecule has 162 valence electrons. The van der Waals surface area contributed by atoms with Gasteiger partial charge in [-0.2, -0.15) is 0 Å². The Morgan fingerprint density at radius 2 is 1.59 bits per heavy atom. The summed E-state index contributed by atoms with van der Waals surface area (Å²) in [5, 5.41) is 5.37. The van der Waals surface area contributed by atoms with Crippen molar-refractivity contribution in [2.24, 2.45) is 0 Å². The SMILES string of the molecule is Cc1c([Si](C)(C)C)ccc2c1sc1c(-c3cc(C(C)(C)C)c4ccccc4c3)ncnc12. The van der Waals surface area contributed by atoms with E-state index in [1.165, 1.54) is 47.4 Å². The second-order valence-electron chi connectivity index (χ2n) is 10.9. The minimum atomic E-state index is -1.41. The monoisotopic (exact) mass is 454 g/mol. The first kappa shape index (κ1) is 21.3. The zero-order valence-corrected chi connectivity index (χ0v) is 21.8. The van der Waals surface area contributed by atoms with Gasteiger partial charge in [0.15, 0.2) is 0 Å². The predicted molar refractivity (Wildman–Crippen MR) is 144 cm³/mol. The molecule has 2 aromatic heterocycles. The van der Waals surface area contributed by atoms with Crippen LogP contribution in [-0.2, 0) is 5.41 Å². The average molecular weight is 455 g/mol. The first-order chi connectivity index (χ1) is 15.1. The van der Waals surface area contributed by atoms with E-state index in [0.717, 1.165) is 11.2 Å². The number of hydrogen-bond acceptors (Lipinski definition) is 3. The molecule has 0 N–H and O–H groups in total. The van der Waals surface area contributed by atoms with E-state index in [1.807, 2.05) is 11.3 Å². The summed E-state index contributed by atoms with van der Waals surface area (Å²) in [7, 11) is -1.41. The molecule has 0 radical (unpaired) electrons. The Bertz CT molecular complexity index is 1500. The summed E-state index contributed by atoms with van der Waals surface area (Å²) in [6.45, 7) is 16.4. The van der Waals surface area contributed by atoms with Crippen molar-refractivity contribution in [1.82, 2.24) is 9.97 Å². The van der Waals surface area contributed by atoms with Crippen molar-refractivity contribution in [1.29, 1.82) is 0 Å². The second-order valence-corrected chi connectivity index (χ2v) is 16.9. The van der Waals surface area contributed by atoms with Crippen molar-refractivity contribution in [2.45, 2.75) is 52.8 Å². The highest BCUT2D eigenvalue weighted by molar-refractivity contribution is 7.26. The maximum absolute atomic E-state index is 4.81. The second kappa shape index (κ2) is 7.22. The Balaban J connectivity index is 1.83. The van der Waals surface area contributed by atoms with Crippen LogP contribution in [0.5, 0.6) is 0 Å². The van der Waals surface area contributed by atoms with Crippen LogP contribution >= 0.6 is 11.3 Å². The third kappa shape index (κ3) is 3.37. The number of aryl methyl sites for hydroxylation is 1.